The second-order valence-electron chi connectivity index (χ2n) is 7.67. The van der Waals surface area contributed by atoms with Crippen LogP contribution in [0.1, 0.15) is 25.7 Å². The van der Waals surface area contributed by atoms with E-state index in [4.69, 9.17) is 0 Å². The highest BCUT2D eigenvalue weighted by Gasteiger charge is 2.36. The number of rotatable bonds is 14. The molecule has 0 aliphatic heterocycles. The minimum absolute atomic E-state index is 0.105. The van der Waals surface area contributed by atoms with Crippen LogP contribution in [0.25, 0.3) is 0 Å². The third-order valence-corrected chi connectivity index (χ3v) is 5.26. The molecule has 168 valence electrons. The number of nitrogens with zero attached hydrogens (tertiary/aromatic N) is 2. The third-order valence-electron chi connectivity index (χ3n) is 5.26. The Morgan fingerprint density at radius 1 is 0.536 bits per heavy atom. The standard InChI is InChI=1S/C18H38N2O8/c21-9-13(25)5-19(6-14(26)10-22)17-3-1-2-4-18(17)20(7-15(27)11-23)8-16(28)12-24/h13-18,21-28H,1-12H2. The summed E-state index contributed by atoms with van der Waals surface area (Å²) in [6.45, 7) is -1.31. The fraction of sp³-hybridized carbons (Fsp3) is 1.00. The van der Waals surface area contributed by atoms with Crippen molar-refractivity contribution in [1.82, 2.24) is 9.80 Å². The molecule has 10 nitrogen and oxygen atoms in total. The molecule has 0 radical (unpaired) electrons. The maximum atomic E-state index is 9.94. The Kier molecular flexibility index (Phi) is 12.6. The van der Waals surface area contributed by atoms with Crippen molar-refractivity contribution in [2.75, 3.05) is 52.6 Å². The van der Waals surface area contributed by atoms with Crippen molar-refractivity contribution in [3.63, 3.8) is 0 Å². The fourth-order valence-corrected chi connectivity index (χ4v) is 3.95. The molecular weight excluding hydrogens is 372 g/mol. The molecule has 0 aromatic heterocycles. The largest absolute Gasteiger partial charge is 0.394 e. The van der Waals surface area contributed by atoms with Crippen LogP contribution in [0.15, 0.2) is 0 Å². The van der Waals surface area contributed by atoms with Gasteiger partial charge in [-0.3, -0.25) is 9.80 Å². The van der Waals surface area contributed by atoms with Crippen molar-refractivity contribution >= 4 is 0 Å². The summed E-state index contributed by atoms with van der Waals surface area (Å²) in [7, 11) is 0. The van der Waals surface area contributed by atoms with Gasteiger partial charge in [0.1, 0.15) is 0 Å². The zero-order chi connectivity index (χ0) is 21.1. The smallest absolute Gasteiger partial charge is 0.0897 e. The van der Waals surface area contributed by atoms with Gasteiger partial charge in [0.15, 0.2) is 0 Å². The lowest BCUT2D eigenvalue weighted by atomic mass is 9.87. The Morgan fingerprint density at radius 2 is 0.786 bits per heavy atom. The molecule has 1 aliphatic carbocycles. The highest BCUT2D eigenvalue weighted by Crippen LogP contribution is 2.28. The Hall–Kier alpha value is -0.400. The van der Waals surface area contributed by atoms with Crippen LogP contribution in [0.4, 0.5) is 0 Å². The van der Waals surface area contributed by atoms with Crippen LogP contribution in [0.2, 0.25) is 0 Å². The van der Waals surface area contributed by atoms with Gasteiger partial charge in [-0.2, -0.15) is 0 Å². The molecular formula is C18H38N2O8. The molecule has 0 heterocycles. The van der Waals surface area contributed by atoms with Gasteiger partial charge in [-0.05, 0) is 12.8 Å². The maximum Gasteiger partial charge on any atom is 0.0897 e. The first-order valence-corrected chi connectivity index (χ1v) is 9.99. The molecule has 8 N–H and O–H groups in total. The summed E-state index contributed by atoms with van der Waals surface area (Å²) in [5.74, 6) is 0. The van der Waals surface area contributed by atoms with Gasteiger partial charge >= 0.3 is 0 Å². The molecule has 1 saturated carbocycles. The predicted molar refractivity (Wildman–Crippen MR) is 102 cm³/mol. The predicted octanol–water partition coefficient (Wildman–Crippen LogP) is -3.69. The van der Waals surface area contributed by atoms with Crippen LogP contribution < -0.4 is 0 Å². The normalized spacial score (nSPS) is 25.1. The van der Waals surface area contributed by atoms with Gasteiger partial charge < -0.3 is 40.9 Å². The van der Waals surface area contributed by atoms with Gasteiger partial charge in [0.05, 0.1) is 50.8 Å². The highest BCUT2D eigenvalue weighted by atomic mass is 16.3. The highest BCUT2D eigenvalue weighted by molar-refractivity contribution is 4.92. The molecule has 0 saturated heterocycles. The van der Waals surface area contributed by atoms with Gasteiger partial charge in [0.25, 0.3) is 0 Å². The summed E-state index contributed by atoms with van der Waals surface area (Å²) < 4.78 is 0. The van der Waals surface area contributed by atoms with E-state index in [0.717, 1.165) is 25.7 Å². The first-order chi connectivity index (χ1) is 13.4. The minimum atomic E-state index is -1.01. The molecule has 6 unspecified atom stereocenters. The van der Waals surface area contributed by atoms with Crippen molar-refractivity contribution in [2.45, 2.75) is 62.2 Å². The van der Waals surface area contributed by atoms with Crippen molar-refractivity contribution in [3.8, 4) is 0 Å². The average molecular weight is 411 g/mol. The summed E-state index contributed by atoms with van der Waals surface area (Å²) in [5.41, 5.74) is 0. The molecule has 1 fully saturated rings. The van der Waals surface area contributed by atoms with E-state index in [1.165, 1.54) is 0 Å². The summed E-state index contributed by atoms with van der Waals surface area (Å²) in [5, 5.41) is 76.7. The Morgan fingerprint density at radius 3 is 1.00 bits per heavy atom. The molecule has 0 amide bonds. The van der Waals surface area contributed by atoms with Gasteiger partial charge in [-0.15, -0.1) is 0 Å². The maximum absolute atomic E-state index is 9.94. The van der Waals surface area contributed by atoms with Gasteiger partial charge in [0, 0.05) is 38.3 Å². The van der Waals surface area contributed by atoms with Crippen LogP contribution in [-0.4, -0.2) is 140 Å². The van der Waals surface area contributed by atoms with Gasteiger partial charge in [-0.25, -0.2) is 0 Å². The third kappa shape index (κ3) is 8.54. The SMILES string of the molecule is OCC(O)CN(CC(O)CO)C1CCCCC1N(CC(O)CO)CC(O)CO. The molecule has 6 atom stereocenters. The molecule has 1 rings (SSSR count). The van der Waals surface area contributed by atoms with Crippen LogP contribution in [0.3, 0.4) is 0 Å². The fourth-order valence-electron chi connectivity index (χ4n) is 3.95. The van der Waals surface area contributed by atoms with E-state index in [0.29, 0.717) is 0 Å². The molecule has 0 bridgehead atoms. The number of hydrogen-bond acceptors (Lipinski definition) is 10. The molecule has 1 aliphatic rings. The summed E-state index contributed by atoms with van der Waals surface area (Å²) in [6, 6.07) is -0.319. The van der Waals surface area contributed by atoms with Crippen molar-refractivity contribution < 1.29 is 40.9 Å². The lowest BCUT2D eigenvalue weighted by Gasteiger charge is -2.46. The summed E-state index contributed by atoms with van der Waals surface area (Å²) in [6.07, 6.45) is -0.715. The van der Waals surface area contributed by atoms with E-state index in [1.807, 2.05) is 9.80 Å². The summed E-state index contributed by atoms with van der Waals surface area (Å²) >= 11 is 0. The van der Waals surface area contributed by atoms with E-state index in [9.17, 15) is 40.9 Å². The van der Waals surface area contributed by atoms with Crippen LogP contribution >= 0.6 is 0 Å². The lowest BCUT2D eigenvalue weighted by molar-refractivity contribution is -0.0480. The van der Waals surface area contributed by atoms with Crippen LogP contribution in [0, 0.1) is 0 Å². The number of aliphatic hydroxyl groups excluding tert-OH is 8. The van der Waals surface area contributed by atoms with E-state index in [2.05, 4.69) is 0 Å². The molecule has 10 heteroatoms. The monoisotopic (exact) mass is 410 g/mol. The summed E-state index contributed by atoms with van der Waals surface area (Å²) in [4.78, 5) is 3.66. The molecule has 0 aromatic carbocycles. The van der Waals surface area contributed by atoms with E-state index >= 15 is 0 Å². The Bertz CT molecular complexity index is 346. The van der Waals surface area contributed by atoms with Gasteiger partial charge in [-0.1, -0.05) is 12.8 Å². The van der Waals surface area contributed by atoms with E-state index in [1.54, 1.807) is 0 Å². The quantitative estimate of drug-likeness (QED) is 0.143. The van der Waals surface area contributed by atoms with Crippen LogP contribution in [0.5, 0.6) is 0 Å². The lowest BCUT2D eigenvalue weighted by Crippen LogP contribution is -2.59. The molecule has 0 spiro atoms. The van der Waals surface area contributed by atoms with Crippen LogP contribution in [-0.2, 0) is 0 Å². The van der Waals surface area contributed by atoms with Gasteiger partial charge in [0.2, 0.25) is 0 Å². The topological polar surface area (TPSA) is 168 Å². The van der Waals surface area contributed by atoms with Crippen molar-refractivity contribution in [3.05, 3.63) is 0 Å². The second-order valence-corrected chi connectivity index (χ2v) is 7.67. The average Bonchev–Trinajstić information content (AvgIpc) is 2.72. The first-order valence-electron chi connectivity index (χ1n) is 9.99. The first kappa shape index (κ1) is 25.6. The Labute approximate surface area is 166 Å². The van der Waals surface area contributed by atoms with E-state index in [-0.39, 0.29) is 38.3 Å². The van der Waals surface area contributed by atoms with Crippen molar-refractivity contribution in [2.24, 2.45) is 0 Å². The van der Waals surface area contributed by atoms with Crippen molar-refractivity contribution in [1.29, 1.82) is 0 Å². The zero-order valence-corrected chi connectivity index (χ0v) is 16.4. The molecule has 28 heavy (non-hydrogen) atoms. The zero-order valence-electron chi connectivity index (χ0n) is 16.4. The number of hydrogen-bond donors (Lipinski definition) is 8. The number of aliphatic hydroxyl groups is 8. The molecule has 0 aromatic rings. The minimum Gasteiger partial charge on any atom is -0.394 e. The Balaban J connectivity index is 3.05. The second kappa shape index (κ2) is 13.8. The van der Waals surface area contributed by atoms with E-state index < -0.39 is 50.8 Å².